The van der Waals surface area contributed by atoms with Crippen LogP contribution in [0.5, 0.6) is 11.5 Å². The van der Waals surface area contributed by atoms with Crippen molar-refractivity contribution in [3.8, 4) is 11.5 Å². The van der Waals surface area contributed by atoms with Crippen LogP contribution in [-0.2, 0) is 20.9 Å². The minimum absolute atomic E-state index is 0.0829. The number of ether oxygens (including phenoxy) is 2. The van der Waals surface area contributed by atoms with Gasteiger partial charge in [-0.2, -0.15) is 0 Å². The van der Waals surface area contributed by atoms with Gasteiger partial charge in [-0.3, -0.25) is 14.4 Å². The predicted molar refractivity (Wildman–Crippen MR) is 111 cm³/mol. The second-order valence-corrected chi connectivity index (χ2v) is 7.59. The van der Waals surface area contributed by atoms with Gasteiger partial charge in [0.25, 0.3) is 0 Å². The number of methoxy groups -OCH3 is 2. The van der Waals surface area contributed by atoms with Gasteiger partial charge in [-0.15, -0.1) is 0 Å². The van der Waals surface area contributed by atoms with E-state index in [4.69, 9.17) is 9.47 Å². The van der Waals surface area contributed by atoms with Crippen LogP contribution in [0.1, 0.15) is 24.8 Å². The molecule has 8 heteroatoms. The summed E-state index contributed by atoms with van der Waals surface area (Å²) >= 11 is 0. The minimum atomic E-state index is -0.505. The first-order chi connectivity index (χ1) is 14.5. The van der Waals surface area contributed by atoms with Gasteiger partial charge in [-0.05, 0) is 37.5 Å². The number of benzene rings is 1. The van der Waals surface area contributed by atoms with Gasteiger partial charge in [0.15, 0.2) is 0 Å². The third-order valence-corrected chi connectivity index (χ3v) is 5.82. The van der Waals surface area contributed by atoms with Crippen molar-refractivity contribution < 1.29 is 23.9 Å². The second-order valence-electron chi connectivity index (χ2n) is 7.59. The molecule has 0 spiro atoms. The van der Waals surface area contributed by atoms with Gasteiger partial charge in [0.1, 0.15) is 17.5 Å². The molecule has 2 aliphatic heterocycles. The van der Waals surface area contributed by atoms with E-state index in [1.54, 1.807) is 30.1 Å². The normalized spacial score (nSPS) is 19.5. The topological polar surface area (TPSA) is 88.2 Å². The van der Waals surface area contributed by atoms with Crippen LogP contribution in [0.4, 0.5) is 0 Å². The number of likely N-dealkylation sites (tertiary alicyclic amines) is 2. The average molecular weight is 415 g/mol. The molecule has 0 saturated carbocycles. The monoisotopic (exact) mass is 415 g/mol. The third-order valence-electron chi connectivity index (χ3n) is 5.82. The fourth-order valence-corrected chi connectivity index (χ4v) is 4.00. The van der Waals surface area contributed by atoms with Gasteiger partial charge >= 0.3 is 0 Å². The minimum Gasteiger partial charge on any atom is -0.497 e. The highest BCUT2D eigenvalue weighted by molar-refractivity contribution is 5.90. The summed E-state index contributed by atoms with van der Waals surface area (Å²) < 4.78 is 10.6. The zero-order chi connectivity index (χ0) is 21.7. The van der Waals surface area contributed by atoms with Crippen molar-refractivity contribution in [1.29, 1.82) is 0 Å². The Morgan fingerprint density at radius 2 is 1.90 bits per heavy atom. The molecule has 30 heavy (non-hydrogen) atoms. The molecular weight excluding hydrogens is 386 g/mol. The number of rotatable bonds is 7. The second kappa shape index (κ2) is 9.65. The zero-order valence-electron chi connectivity index (χ0n) is 17.6. The highest BCUT2D eigenvalue weighted by atomic mass is 16.5. The van der Waals surface area contributed by atoms with Gasteiger partial charge in [0.2, 0.25) is 17.7 Å². The van der Waals surface area contributed by atoms with Crippen molar-refractivity contribution in [2.45, 2.75) is 31.8 Å². The first kappa shape index (κ1) is 21.7. The highest BCUT2D eigenvalue weighted by Gasteiger charge is 2.35. The summed E-state index contributed by atoms with van der Waals surface area (Å²) in [6.07, 6.45) is 3.07. The van der Waals surface area contributed by atoms with E-state index in [9.17, 15) is 14.4 Å². The molecule has 0 aromatic heterocycles. The van der Waals surface area contributed by atoms with Crippen LogP contribution in [0.2, 0.25) is 0 Å². The first-order valence-corrected chi connectivity index (χ1v) is 10.2. The molecule has 3 amide bonds. The lowest BCUT2D eigenvalue weighted by Crippen LogP contribution is -2.47. The number of hydrogen-bond acceptors (Lipinski definition) is 5. The van der Waals surface area contributed by atoms with E-state index in [0.29, 0.717) is 56.9 Å². The van der Waals surface area contributed by atoms with Gasteiger partial charge in [0.05, 0.1) is 14.2 Å². The van der Waals surface area contributed by atoms with Crippen molar-refractivity contribution in [3.63, 3.8) is 0 Å². The molecule has 0 aliphatic carbocycles. The molecule has 2 saturated heterocycles. The maximum Gasteiger partial charge on any atom is 0.245 e. The Kier molecular flexibility index (Phi) is 6.97. The number of piperidine rings is 1. The SMILES string of the molecule is C=CC(=O)N1CCC(C(=O)NC2CCN(Cc3ccc(OC)cc3OC)C2=O)CC1. The largest absolute Gasteiger partial charge is 0.497 e. The van der Waals surface area contributed by atoms with Crippen molar-refractivity contribution in [1.82, 2.24) is 15.1 Å². The van der Waals surface area contributed by atoms with Gasteiger partial charge in [0, 0.05) is 43.7 Å². The maximum absolute atomic E-state index is 12.8. The first-order valence-electron chi connectivity index (χ1n) is 10.2. The molecule has 0 radical (unpaired) electrons. The number of hydrogen-bond donors (Lipinski definition) is 1. The van der Waals surface area contributed by atoms with Crippen molar-refractivity contribution in [2.75, 3.05) is 33.9 Å². The molecule has 2 fully saturated rings. The molecular formula is C22H29N3O5. The molecule has 0 bridgehead atoms. The number of carbonyl (C=O) groups is 3. The lowest BCUT2D eigenvalue weighted by atomic mass is 9.95. The maximum atomic E-state index is 12.8. The van der Waals surface area contributed by atoms with Crippen LogP contribution in [-0.4, -0.2) is 67.4 Å². The van der Waals surface area contributed by atoms with E-state index in [2.05, 4.69) is 11.9 Å². The number of carbonyl (C=O) groups excluding carboxylic acids is 3. The zero-order valence-corrected chi connectivity index (χ0v) is 17.6. The summed E-state index contributed by atoms with van der Waals surface area (Å²) in [7, 11) is 3.17. The Bertz CT molecular complexity index is 817. The summed E-state index contributed by atoms with van der Waals surface area (Å²) in [4.78, 5) is 40.6. The summed E-state index contributed by atoms with van der Waals surface area (Å²) in [6.45, 7) is 5.55. The molecule has 3 rings (SSSR count). The van der Waals surface area contributed by atoms with E-state index in [-0.39, 0.29) is 23.6 Å². The quantitative estimate of drug-likeness (QED) is 0.679. The fourth-order valence-electron chi connectivity index (χ4n) is 4.00. The van der Waals surface area contributed by atoms with E-state index in [1.165, 1.54) is 6.08 Å². The molecule has 162 valence electrons. The highest BCUT2D eigenvalue weighted by Crippen LogP contribution is 2.27. The Labute approximate surface area is 176 Å². The van der Waals surface area contributed by atoms with E-state index in [0.717, 1.165) is 5.56 Å². The molecule has 2 heterocycles. The smallest absolute Gasteiger partial charge is 0.245 e. The number of nitrogens with one attached hydrogen (secondary N) is 1. The summed E-state index contributed by atoms with van der Waals surface area (Å²) in [5.74, 6) is 0.875. The van der Waals surface area contributed by atoms with Crippen LogP contribution in [0.3, 0.4) is 0 Å². The van der Waals surface area contributed by atoms with E-state index < -0.39 is 6.04 Å². The molecule has 2 aliphatic rings. The van der Waals surface area contributed by atoms with Gasteiger partial charge < -0.3 is 24.6 Å². The molecule has 8 nitrogen and oxygen atoms in total. The number of amides is 3. The standard InChI is InChI=1S/C22H29N3O5/c1-4-20(26)24-10-7-15(8-11-24)21(27)23-18-9-12-25(22(18)28)14-16-5-6-17(29-2)13-19(16)30-3/h4-6,13,15,18H,1,7-12,14H2,2-3H3,(H,23,27). The van der Waals surface area contributed by atoms with Crippen LogP contribution in [0.15, 0.2) is 30.9 Å². The summed E-state index contributed by atoms with van der Waals surface area (Å²) in [5.41, 5.74) is 0.887. The summed E-state index contributed by atoms with van der Waals surface area (Å²) in [6, 6.07) is 5.00. The molecule has 1 unspecified atom stereocenters. The average Bonchev–Trinajstić information content (AvgIpc) is 3.12. The van der Waals surface area contributed by atoms with Crippen LogP contribution in [0.25, 0.3) is 0 Å². The Morgan fingerprint density at radius 3 is 2.53 bits per heavy atom. The predicted octanol–water partition coefficient (Wildman–Crippen LogP) is 1.35. The molecule has 1 atom stereocenters. The third kappa shape index (κ3) is 4.75. The molecule has 1 aromatic carbocycles. The summed E-state index contributed by atoms with van der Waals surface area (Å²) in [5, 5.41) is 2.91. The molecule has 1 aromatic rings. The van der Waals surface area contributed by atoms with Gasteiger partial charge in [-0.25, -0.2) is 0 Å². The lowest BCUT2D eigenvalue weighted by Gasteiger charge is -2.31. The van der Waals surface area contributed by atoms with Crippen LogP contribution < -0.4 is 14.8 Å². The van der Waals surface area contributed by atoms with Crippen LogP contribution in [0, 0.1) is 5.92 Å². The van der Waals surface area contributed by atoms with Crippen LogP contribution >= 0.6 is 0 Å². The fraction of sp³-hybridized carbons (Fsp3) is 0.500. The molecule has 1 N–H and O–H groups in total. The lowest BCUT2D eigenvalue weighted by molar-refractivity contribution is -0.135. The van der Waals surface area contributed by atoms with Crippen molar-refractivity contribution >= 4 is 17.7 Å². The van der Waals surface area contributed by atoms with E-state index >= 15 is 0 Å². The van der Waals surface area contributed by atoms with Gasteiger partial charge in [-0.1, -0.05) is 6.58 Å². The Morgan fingerprint density at radius 1 is 1.17 bits per heavy atom. The number of nitrogens with zero attached hydrogens (tertiary/aromatic N) is 2. The van der Waals surface area contributed by atoms with Crippen molar-refractivity contribution in [2.24, 2.45) is 5.92 Å². The Hall–Kier alpha value is -3.03. The Balaban J connectivity index is 1.54. The van der Waals surface area contributed by atoms with E-state index in [1.807, 2.05) is 12.1 Å². The van der Waals surface area contributed by atoms with Crippen molar-refractivity contribution in [3.05, 3.63) is 36.4 Å².